The van der Waals surface area contributed by atoms with Crippen LogP contribution in [0.1, 0.15) is 44.1 Å². The standard InChI is InChI=1S/C15H17FN2O/c16-13-8-12(10-17)6-7-14(13)18-15(19)9-11-4-2-1-3-5-11/h6-8,11H,1-5,9H2,(H,18,19). The number of rotatable bonds is 3. The second-order valence-corrected chi connectivity index (χ2v) is 5.06. The van der Waals surface area contributed by atoms with Crippen LogP contribution in [0.2, 0.25) is 0 Å². The summed E-state index contributed by atoms with van der Waals surface area (Å²) in [7, 11) is 0. The van der Waals surface area contributed by atoms with E-state index in [1.54, 1.807) is 0 Å². The van der Waals surface area contributed by atoms with Crippen molar-refractivity contribution in [3.05, 3.63) is 29.6 Å². The van der Waals surface area contributed by atoms with Crippen LogP contribution in [0.3, 0.4) is 0 Å². The van der Waals surface area contributed by atoms with Crippen LogP contribution in [0.5, 0.6) is 0 Å². The van der Waals surface area contributed by atoms with E-state index in [1.165, 1.54) is 31.4 Å². The molecule has 1 N–H and O–H groups in total. The third kappa shape index (κ3) is 3.78. The molecular formula is C15H17FN2O. The molecule has 0 heterocycles. The quantitative estimate of drug-likeness (QED) is 0.902. The molecular weight excluding hydrogens is 243 g/mol. The highest BCUT2D eigenvalue weighted by atomic mass is 19.1. The molecule has 1 aliphatic rings. The van der Waals surface area contributed by atoms with Gasteiger partial charge in [-0.25, -0.2) is 4.39 Å². The molecule has 4 heteroatoms. The van der Waals surface area contributed by atoms with Gasteiger partial charge in [0.25, 0.3) is 0 Å². The molecule has 0 unspecified atom stereocenters. The number of anilines is 1. The van der Waals surface area contributed by atoms with Gasteiger partial charge >= 0.3 is 0 Å². The molecule has 1 saturated carbocycles. The van der Waals surface area contributed by atoms with Crippen LogP contribution >= 0.6 is 0 Å². The number of halogens is 1. The Morgan fingerprint density at radius 3 is 2.74 bits per heavy atom. The maximum Gasteiger partial charge on any atom is 0.224 e. The highest BCUT2D eigenvalue weighted by Crippen LogP contribution is 2.26. The molecule has 3 nitrogen and oxygen atoms in total. The summed E-state index contributed by atoms with van der Waals surface area (Å²) in [6.07, 6.45) is 6.25. The van der Waals surface area contributed by atoms with E-state index >= 15 is 0 Å². The van der Waals surface area contributed by atoms with E-state index in [-0.39, 0.29) is 17.2 Å². The number of nitriles is 1. The first-order valence-corrected chi connectivity index (χ1v) is 6.68. The highest BCUT2D eigenvalue weighted by molar-refractivity contribution is 5.91. The fourth-order valence-electron chi connectivity index (χ4n) is 2.54. The van der Waals surface area contributed by atoms with Crippen molar-refractivity contribution in [1.29, 1.82) is 5.26 Å². The molecule has 100 valence electrons. The molecule has 0 radical (unpaired) electrons. The number of carbonyl (C=O) groups excluding carboxylic acids is 1. The van der Waals surface area contributed by atoms with Gasteiger partial charge in [-0.3, -0.25) is 4.79 Å². The average molecular weight is 260 g/mol. The fourth-order valence-corrected chi connectivity index (χ4v) is 2.54. The Balaban J connectivity index is 1.93. The number of hydrogen-bond donors (Lipinski definition) is 1. The number of amides is 1. The second-order valence-electron chi connectivity index (χ2n) is 5.06. The Labute approximate surface area is 112 Å². The van der Waals surface area contributed by atoms with Gasteiger partial charge < -0.3 is 5.32 Å². The third-order valence-corrected chi connectivity index (χ3v) is 3.57. The van der Waals surface area contributed by atoms with Gasteiger partial charge in [-0.05, 0) is 37.0 Å². The number of nitrogens with zero attached hydrogens (tertiary/aromatic N) is 1. The summed E-state index contributed by atoms with van der Waals surface area (Å²) in [6.45, 7) is 0. The van der Waals surface area contributed by atoms with E-state index in [0.29, 0.717) is 12.3 Å². The molecule has 2 rings (SSSR count). The molecule has 0 atom stereocenters. The Kier molecular flexibility index (Phi) is 4.51. The van der Waals surface area contributed by atoms with E-state index in [1.807, 2.05) is 6.07 Å². The first-order valence-electron chi connectivity index (χ1n) is 6.68. The van der Waals surface area contributed by atoms with Crippen molar-refractivity contribution >= 4 is 11.6 Å². The zero-order chi connectivity index (χ0) is 13.7. The van der Waals surface area contributed by atoms with Crippen molar-refractivity contribution in [2.45, 2.75) is 38.5 Å². The van der Waals surface area contributed by atoms with E-state index in [4.69, 9.17) is 5.26 Å². The van der Waals surface area contributed by atoms with Gasteiger partial charge in [0.1, 0.15) is 5.82 Å². The second kappa shape index (κ2) is 6.33. The van der Waals surface area contributed by atoms with Gasteiger partial charge in [-0.2, -0.15) is 5.26 Å². The van der Waals surface area contributed by atoms with Crippen LogP contribution < -0.4 is 5.32 Å². The minimum absolute atomic E-state index is 0.143. The van der Waals surface area contributed by atoms with Gasteiger partial charge in [-0.15, -0.1) is 0 Å². The Hall–Kier alpha value is -1.89. The number of nitrogens with one attached hydrogen (secondary N) is 1. The molecule has 1 fully saturated rings. The topological polar surface area (TPSA) is 52.9 Å². The maximum absolute atomic E-state index is 13.6. The third-order valence-electron chi connectivity index (χ3n) is 3.57. The summed E-state index contributed by atoms with van der Waals surface area (Å²) in [6, 6.07) is 5.93. The molecule has 0 bridgehead atoms. The van der Waals surface area contributed by atoms with Crippen molar-refractivity contribution in [2.75, 3.05) is 5.32 Å². The van der Waals surface area contributed by atoms with Gasteiger partial charge in [0.2, 0.25) is 5.91 Å². The predicted molar refractivity (Wildman–Crippen MR) is 70.9 cm³/mol. The van der Waals surface area contributed by atoms with E-state index < -0.39 is 5.82 Å². The number of benzene rings is 1. The summed E-state index contributed by atoms with van der Waals surface area (Å²) in [5.41, 5.74) is 0.405. The predicted octanol–water partition coefficient (Wildman–Crippen LogP) is 3.61. The van der Waals surface area contributed by atoms with Crippen LogP contribution in [-0.2, 0) is 4.79 Å². The fraction of sp³-hybridized carbons (Fsp3) is 0.467. The minimum atomic E-state index is -0.559. The highest BCUT2D eigenvalue weighted by Gasteiger charge is 2.17. The molecule has 0 saturated heterocycles. The Morgan fingerprint density at radius 2 is 2.11 bits per heavy atom. The summed E-state index contributed by atoms with van der Waals surface area (Å²) in [4.78, 5) is 11.8. The largest absolute Gasteiger partial charge is 0.324 e. The maximum atomic E-state index is 13.6. The van der Waals surface area contributed by atoms with Crippen molar-refractivity contribution in [3.63, 3.8) is 0 Å². The van der Waals surface area contributed by atoms with Crippen molar-refractivity contribution < 1.29 is 9.18 Å². The lowest BCUT2D eigenvalue weighted by Crippen LogP contribution is -2.18. The summed E-state index contributed by atoms with van der Waals surface area (Å²) >= 11 is 0. The summed E-state index contributed by atoms with van der Waals surface area (Å²) < 4.78 is 13.6. The van der Waals surface area contributed by atoms with Crippen LogP contribution in [0, 0.1) is 23.1 Å². The van der Waals surface area contributed by atoms with Gasteiger partial charge in [0, 0.05) is 6.42 Å². The summed E-state index contributed by atoms with van der Waals surface area (Å²) in [5.74, 6) is -0.276. The first kappa shape index (κ1) is 13.5. The van der Waals surface area contributed by atoms with E-state index in [0.717, 1.165) is 18.9 Å². The SMILES string of the molecule is N#Cc1ccc(NC(=O)CC2CCCCC2)c(F)c1. The summed E-state index contributed by atoms with van der Waals surface area (Å²) in [5, 5.41) is 11.2. The lowest BCUT2D eigenvalue weighted by atomic mass is 9.87. The lowest BCUT2D eigenvalue weighted by Gasteiger charge is -2.20. The average Bonchev–Trinajstić information content (AvgIpc) is 2.42. The zero-order valence-corrected chi connectivity index (χ0v) is 10.8. The van der Waals surface area contributed by atoms with Gasteiger partial charge in [0.15, 0.2) is 0 Å². The van der Waals surface area contributed by atoms with Crippen LogP contribution in [-0.4, -0.2) is 5.91 Å². The van der Waals surface area contributed by atoms with Crippen LogP contribution in [0.4, 0.5) is 10.1 Å². The zero-order valence-electron chi connectivity index (χ0n) is 10.8. The van der Waals surface area contributed by atoms with Crippen molar-refractivity contribution in [2.24, 2.45) is 5.92 Å². The van der Waals surface area contributed by atoms with Gasteiger partial charge in [0.05, 0.1) is 17.3 Å². The Bertz CT molecular complexity index is 501. The molecule has 0 aromatic heterocycles. The van der Waals surface area contributed by atoms with Crippen LogP contribution in [0.25, 0.3) is 0 Å². The molecule has 19 heavy (non-hydrogen) atoms. The Morgan fingerprint density at radius 1 is 1.37 bits per heavy atom. The molecule has 1 aromatic carbocycles. The number of carbonyl (C=O) groups is 1. The molecule has 0 spiro atoms. The van der Waals surface area contributed by atoms with E-state index in [2.05, 4.69) is 5.32 Å². The molecule has 1 aromatic rings. The van der Waals surface area contributed by atoms with Gasteiger partial charge in [-0.1, -0.05) is 19.3 Å². The molecule has 0 aliphatic heterocycles. The van der Waals surface area contributed by atoms with Crippen LogP contribution in [0.15, 0.2) is 18.2 Å². The molecule has 1 amide bonds. The lowest BCUT2D eigenvalue weighted by molar-refractivity contribution is -0.117. The van der Waals surface area contributed by atoms with E-state index in [9.17, 15) is 9.18 Å². The normalized spacial score (nSPS) is 15.8. The first-order chi connectivity index (χ1) is 9.19. The van der Waals surface area contributed by atoms with Crippen molar-refractivity contribution in [3.8, 4) is 6.07 Å². The minimum Gasteiger partial charge on any atom is -0.324 e. The van der Waals surface area contributed by atoms with Crippen molar-refractivity contribution in [1.82, 2.24) is 0 Å². The molecule has 1 aliphatic carbocycles. The smallest absolute Gasteiger partial charge is 0.224 e. The number of hydrogen-bond acceptors (Lipinski definition) is 2. The monoisotopic (exact) mass is 260 g/mol.